The molecule has 1 aromatic heterocycles. The molecule has 0 radical (unpaired) electrons. The molecule has 2 aromatic rings. The van der Waals surface area contributed by atoms with E-state index in [1.165, 1.54) is 0 Å². The van der Waals surface area contributed by atoms with Gasteiger partial charge in [0.1, 0.15) is 11.4 Å². The van der Waals surface area contributed by atoms with Gasteiger partial charge in [-0.3, -0.25) is 14.7 Å². The summed E-state index contributed by atoms with van der Waals surface area (Å²) in [6.45, 7) is 0.739. The molecule has 0 atom stereocenters. The SMILES string of the molecule is COc1ccccc1-c1cn(CCCCCC(=O)NO)nn1. The van der Waals surface area contributed by atoms with Crippen LogP contribution in [0.1, 0.15) is 25.7 Å². The quantitative estimate of drug-likeness (QED) is 0.442. The van der Waals surface area contributed by atoms with Crippen molar-refractivity contribution in [1.29, 1.82) is 0 Å². The number of aromatic nitrogens is 3. The Hall–Kier alpha value is -2.41. The molecular weight excluding hydrogens is 284 g/mol. The molecule has 0 saturated carbocycles. The zero-order chi connectivity index (χ0) is 15.8. The van der Waals surface area contributed by atoms with Gasteiger partial charge in [-0.25, -0.2) is 5.48 Å². The Bertz CT molecular complexity index is 612. The average molecular weight is 304 g/mol. The summed E-state index contributed by atoms with van der Waals surface area (Å²) in [5.74, 6) is 0.420. The third kappa shape index (κ3) is 4.29. The Morgan fingerprint density at radius 3 is 2.91 bits per heavy atom. The van der Waals surface area contributed by atoms with Crippen LogP contribution in [0.4, 0.5) is 0 Å². The number of carbonyl (C=O) groups excluding carboxylic acids is 1. The second-order valence-electron chi connectivity index (χ2n) is 4.91. The number of ether oxygens (including phenoxy) is 1. The molecule has 7 nitrogen and oxygen atoms in total. The molecule has 7 heteroatoms. The van der Waals surface area contributed by atoms with Gasteiger partial charge >= 0.3 is 0 Å². The van der Waals surface area contributed by atoms with Crippen LogP contribution in [0.3, 0.4) is 0 Å². The molecule has 2 N–H and O–H groups in total. The molecule has 2 rings (SSSR count). The summed E-state index contributed by atoms with van der Waals surface area (Å²) >= 11 is 0. The van der Waals surface area contributed by atoms with Crippen LogP contribution < -0.4 is 10.2 Å². The van der Waals surface area contributed by atoms with Crippen LogP contribution in [0.25, 0.3) is 11.3 Å². The largest absolute Gasteiger partial charge is 0.496 e. The van der Waals surface area contributed by atoms with Gasteiger partial charge in [0.15, 0.2) is 0 Å². The third-order valence-corrected chi connectivity index (χ3v) is 3.34. The summed E-state index contributed by atoms with van der Waals surface area (Å²) in [5, 5.41) is 16.7. The maximum atomic E-state index is 10.9. The summed E-state index contributed by atoms with van der Waals surface area (Å²) in [5.41, 5.74) is 3.32. The van der Waals surface area contributed by atoms with Crippen LogP contribution >= 0.6 is 0 Å². The zero-order valence-electron chi connectivity index (χ0n) is 12.5. The molecule has 0 unspecified atom stereocenters. The van der Waals surface area contributed by atoms with Crippen molar-refractivity contribution in [3.63, 3.8) is 0 Å². The monoisotopic (exact) mass is 304 g/mol. The fraction of sp³-hybridized carbons (Fsp3) is 0.400. The standard InChI is InChI=1S/C15H20N4O3/c1-22-14-8-5-4-7-12(14)13-11-19(18-16-13)10-6-2-3-9-15(20)17-21/h4-5,7-8,11,21H,2-3,6,9-10H2,1H3,(H,17,20). The minimum absolute atomic E-state index is 0.334. The smallest absolute Gasteiger partial charge is 0.243 e. The van der Waals surface area contributed by atoms with Gasteiger partial charge in [0.2, 0.25) is 5.91 Å². The number of hydroxylamine groups is 1. The second kappa shape index (κ2) is 8.14. The molecule has 1 aromatic carbocycles. The van der Waals surface area contributed by atoms with Gasteiger partial charge in [-0.05, 0) is 25.0 Å². The van der Waals surface area contributed by atoms with E-state index in [9.17, 15) is 4.79 Å². The molecule has 22 heavy (non-hydrogen) atoms. The fourth-order valence-corrected chi connectivity index (χ4v) is 2.18. The van der Waals surface area contributed by atoms with Crippen molar-refractivity contribution in [2.45, 2.75) is 32.2 Å². The van der Waals surface area contributed by atoms with E-state index in [0.717, 1.165) is 42.8 Å². The van der Waals surface area contributed by atoms with Crippen LogP contribution in [0.15, 0.2) is 30.5 Å². The average Bonchev–Trinajstić information content (AvgIpc) is 3.03. The molecule has 0 spiro atoms. The number of rotatable bonds is 8. The van der Waals surface area contributed by atoms with Crippen LogP contribution in [-0.4, -0.2) is 33.2 Å². The molecule has 0 bridgehead atoms. The highest BCUT2D eigenvalue weighted by Crippen LogP contribution is 2.27. The number of para-hydroxylation sites is 1. The molecule has 1 amide bonds. The number of carbonyl (C=O) groups is 1. The van der Waals surface area contributed by atoms with Gasteiger partial charge in [-0.2, -0.15) is 0 Å². The number of hydrogen-bond acceptors (Lipinski definition) is 5. The van der Waals surface area contributed by atoms with Crippen molar-refractivity contribution < 1.29 is 14.7 Å². The molecule has 0 fully saturated rings. The van der Waals surface area contributed by atoms with Crippen LogP contribution in [0.2, 0.25) is 0 Å². The zero-order valence-corrected chi connectivity index (χ0v) is 12.5. The van der Waals surface area contributed by atoms with Crippen LogP contribution in [0.5, 0.6) is 5.75 Å². The lowest BCUT2D eigenvalue weighted by molar-refractivity contribution is -0.129. The van der Waals surface area contributed by atoms with E-state index in [0.29, 0.717) is 6.42 Å². The molecule has 0 aliphatic heterocycles. The Morgan fingerprint density at radius 2 is 2.14 bits per heavy atom. The first-order valence-corrected chi connectivity index (χ1v) is 7.21. The highest BCUT2D eigenvalue weighted by atomic mass is 16.5. The van der Waals surface area contributed by atoms with Crippen molar-refractivity contribution in [3.8, 4) is 17.0 Å². The van der Waals surface area contributed by atoms with Crippen LogP contribution in [0, 0.1) is 0 Å². The highest BCUT2D eigenvalue weighted by Gasteiger charge is 2.09. The summed E-state index contributed by atoms with van der Waals surface area (Å²) in [7, 11) is 1.63. The lowest BCUT2D eigenvalue weighted by atomic mass is 10.1. The van der Waals surface area contributed by atoms with E-state index in [1.54, 1.807) is 17.3 Å². The van der Waals surface area contributed by atoms with E-state index in [-0.39, 0.29) is 5.91 Å². The minimum Gasteiger partial charge on any atom is -0.496 e. The van der Waals surface area contributed by atoms with Gasteiger partial charge in [-0.1, -0.05) is 23.8 Å². The molecule has 0 saturated heterocycles. The summed E-state index contributed by atoms with van der Waals surface area (Å²) in [6.07, 6.45) is 4.74. The maximum Gasteiger partial charge on any atom is 0.243 e. The molecule has 1 heterocycles. The normalized spacial score (nSPS) is 10.5. The topological polar surface area (TPSA) is 89.3 Å². The van der Waals surface area contributed by atoms with Gasteiger partial charge in [0.05, 0.1) is 13.3 Å². The number of aryl methyl sites for hydroxylation is 1. The molecule has 0 aliphatic carbocycles. The Kier molecular flexibility index (Phi) is 5.91. The fourth-order valence-electron chi connectivity index (χ4n) is 2.18. The van der Waals surface area contributed by atoms with Crippen molar-refractivity contribution >= 4 is 5.91 Å². The number of nitrogens with zero attached hydrogens (tertiary/aromatic N) is 3. The van der Waals surface area contributed by atoms with Crippen molar-refractivity contribution in [2.24, 2.45) is 0 Å². The van der Waals surface area contributed by atoms with E-state index in [2.05, 4.69) is 10.3 Å². The summed E-state index contributed by atoms with van der Waals surface area (Å²) in [4.78, 5) is 10.9. The first-order chi connectivity index (χ1) is 10.7. The number of benzene rings is 1. The lowest BCUT2D eigenvalue weighted by Crippen LogP contribution is -2.17. The summed E-state index contributed by atoms with van der Waals surface area (Å²) in [6, 6.07) is 7.68. The number of methoxy groups -OCH3 is 1. The molecular formula is C15H20N4O3. The van der Waals surface area contributed by atoms with E-state index in [1.807, 2.05) is 30.5 Å². The predicted molar refractivity (Wildman–Crippen MR) is 80.4 cm³/mol. The molecule has 118 valence electrons. The van der Waals surface area contributed by atoms with E-state index >= 15 is 0 Å². The minimum atomic E-state index is -0.348. The van der Waals surface area contributed by atoms with Crippen molar-refractivity contribution in [1.82, 2.24) is 20.5 Å². The van der Waals surface area contributed by atoms with Gasteiger partial charge in [0, 0.05) is 18.5 Å². The third-order valence-electron chi connectivity index (χ3n) is 3.34. The van der Waals surface area contributed by atoms with Gasteiger partial charge < -0.3 is 4.74 Å². The van der Waals surface area contributed by atoms with Crippen molar-refractivity contribution in [2.75, 3.05) is 7.11 Å². The lowest BCUT2D eigenvalue weighted by Gasteiger charge is -2.04. The number of amides is 1. The Morgan fingerprint density at radius 1 is 1.32 bits per heavy atom. The van der Waals surface area contributed by atoms with Gasteiger partial charge in [0.25, 0.3) is 0 Å². The first-order valence-electron chi connectivity index (χ1n) is 7.21. The van der Waals surface area contributed by atoms with Crippen LogP contribution in [-0.2, 0) is 11.3 Å². The first kappa shape index (κ1) is 16.0. The number of nitrogens with one attached hydrogen (secondary N) is 1. The van der Waals surface area contributed by atoms with E-state index < -0.39 is 0 Å². The highest BCUT2D eigenvalue weighted by molar-refractivity contribution is 5.74. The van der Waals surface area contributed by atoms with Gasteiger partial charge in [-0.15, -0.1) is 5.10 Å². The summed E-state index contributed by atoms with van der Waals surface area (Å²) < 4.78 is 7.11. The molecule has 0 aliphatic rings. The van der Waals surface area contributed by atoms with E-state index in [4.69, 9.17) is 9.94 Å². The Labute approximate surface area is 128 Å². The van der Waals surface area contributed by atoms with Crippen molar-refractivity contribution in [3.05, 3.63) is 30.5 Å². The Balaban J connectivity index is 1.85. The predicted octanol–water partition coefficient (Wildman–Crippen LogP) is 2.02. The second-order valence-corrected chi connectivity index (χ2v) is 4.91. The number of unbranched alkanes of at least 4 members (excludes halogenated alkanes) is 2. The number of hydrogen-bond donors (Lipinski definition) is 2. The maximum absolute atomic E-state index is 10.9.